The number of pyridine rings is 1. The SMILES string of the molecule is Cc1cc(NCCc2cccnc2)nc(-c2cccc([N+](=O)[O-])c2)n1. The maximum absolute atomic E-state index is 10.9. The Labute approximate surface area is 145 Å². The summed E-state index contributed by atoms with van der Waals surface area (Å²) in [6.45, 7) is 2.57. The van der Waals surface area contributed by atoms with Gasteiger partial charge in [-0.3, -0.25) is 15.1 Å². The number of nitrogens with zero attached hydrogens (tertiary/aromatic N) is 4. The van der Waals surface area contributed by atoms with Crippen molar-refractivity contribution in [2.45, 2.75) is 13.3 Å². The molecule has 0 atom stereocenters. The number of hydrogen-bond donors (Lipinski definition) is 1. The molecule has 0 saturated heterocycles. The Kier molecular flexibility index (Phi) is 4.94. The highest BCUT2D eigenvalue weighted by Gasteiger charge is 2.10. The van der Waals surface area contributed by atoms with Crippen molar-refractivity contribution in [3.8, 4) is 11.4 Å². The summed E-state index contributed by atoms with van der Waals surface area (Å²) in [5.41, 5.74) is 2.57. The number of nitro benzene ring substituents is 1. The van der Waals surface area contributed by atoms with Gasteiger partial charge in [0.05, 0.1) is 4.92 Å². The zero-order valence-electron chi connectivity index (χ0n) is 13.7. The van der Waals surface area contributed by atoms with Crippen LogP contribution < -0.4 is 5.32 Å². The third kappa shape index (κ3) is 4.35. The van der Waals surface area contributed by atoms with Crippen LogP contribution in [-0.2, 0) is 6.42 Å². The van der Waals surface area contributed by atoms with Crippen molar-refractivity contribution in [3.63, 3.8) is 0 Å². The highest BCUT2D eigenvalue weighted by Crippen LogP contribution is 2.22. The molecule has 0 saturated carbocycles. The third-order valence-electron chi connectivity index (χ3n) is 3.61. The lowest BCUT2D eigenvalue weighted by Gasteiger charge is -2.09. The molecule has 0 amide bonds. The molecule has 7 heteroatoms. The summed E-state index contributed by atoms with van der Waals surface area (Å²) in [5, 5.41) is 14.2. The van der Waals surface area contributed by atoms with Crippen molar-refractivity contribution >= 4 is 11.5 Å². The van der Waals surface area contributed by atoms with Gasteiger partial charge < -0.3 is 5.32 Å². The normalized spacial score (nSPS) is 10.4. The molecule has 7 nitrogen and oxygen atoms in total. The van der Waals surface area contributed by atoms with E-state index in [1.165, 1.54) is 12.1 Å². The number of hydrogen-bond acceptors (Lipinski definition) is 6. The first-order valence-corrected chi connectivity index (χ1v) is 7.85. The number of aryl methyl sites for hydroxylation is 1. The molecule has 0 aliphatic heterocycles. The molecule has 0 unspecified atom stereocenters. The number of rotatable bonds is 6. The van der Waals surface area contributed by atoms with E-state index in [1.54, 1.807) is 18.3 Å². The van der Waals surface area contributed by atoms with Crippen molar-refractivity contribution in [2.24, 2.45) is 0 Å². The maximum atomic E-state index is 10.9. The average molecular weight is 335 g/mol. The predicted octanol–water partition coefficient (Wildman–Crippen LogP) is 3.41. The first kappa shape index (κ1) is 16.5. The molecule has 0 radical (unpaired) electrons. The predicted molar refractivity (Wildman–Crippen MR) is 95.3 cm³/mol. The van der Waals surface area contributed by atoms with Crippen LogP contribution in [0.4, 0.5) is 11.5 Å². The third-order valence-corrected chi connectivity index (χ3v) is 3.61. The van der Waals surface area contributed by atoms with Crippen LogP contribution in [0.15, 0.2) is 54.9 Å². The molecule has 3 aromatic rings. The maximum Gasteiger partial charge on any atom is 0.270 e. The minimum Gasteiger partial charge on any atom is -0.370 e. The topological polar surface area (TPSA) is 93.8 Å². The van der Waals surface area contributed by atoms with Crippen molar-refractivity contribution < 1.29 is 4.92 Å². The fourth-order valence-corrected chi connectivity index (χ4v) is 2.43. The Morgan fingerprint density at radius 2 is 2.04 bits per heavy atom. The summed E-state index contributed by atoms with van der Waals surface area (Å²) < 4.78 is 0. The van der Waals surface area contributed by atoms with Gasteiger partial charge in [-0.05, 0) is 25.0 Å². The van der Waals surface area contributed by atoms with Crippen LogP contribution in [0.5, 0.6) is 0 Å². The van der Waals surface area contributed by atoms with Crippen LogP contribution in [0.1, 0.15) is 11.3 Å². The van der Waals surface area contributed by atoms with Gasteiger partial charge in [0, 0.05) is 48.4 Å². The van der Waals surface area contributed by atoms with Gasteiger partial charge in [0.25, 0.3) is 5.69 Å². The fourth-order valence-electron chi connectivity index (χ4n) is 2.43. The Morgan fingerprint density at radius 1 is 1.16 bits per heavy atom. The van der Waals surface area contributed by atoms with Gasteiger partial charge in [0.2, 0.25) is 0 Å². The Hall–Kier alpha value is -3.35. The highest BCUT2D eigenvalue weighted by atomic mass is 16.6. The van der Waals surface area contributed by atoms with E-state index in [-0.39, 0.29) is 5.69 Å². The second-order valence-electron chi connectivity index (χ2n) is 5.56. The molecule has 2 heterocycles. The molecule has 25 heavy (non-hydrogen) atoms. The van der Waals surface area contributed by atoms with Crippen LogP contribution in [0.25, 0.3) is 11.4 Å². The molecular formula is C18H17N5O2. The first-order valence-electron chi connectivity index (χ1n) is 7.85. The molecule has 0 spiro atoms. The molecular weight excluding hydrogens is 318 g/mol. The van der Waals surface area contributed by atoms with Crippen LogP contribution >= 0.6 is 0 Å². The van der Waals surface area contributed by atoms with Crippen molar-refractivity contribution in [3.05, 3.63) is 76.2 Å². The fraction of sp³-hybridized carbons (Fsp3) is 0.167. The molecule has 0 fully saturated rings. The Bertz CT molecular complexity index is 884. The first-order chi connectivity index (χ1) is 12.1. The summed E-state index contributed by atoms with van der Waals surface area (Å²) in [4.78, 5) is 23.5. The average Bonchev–Trinajstić information content (AvgIpc) is 2.62. The molecule has 0 aliphatic rings. The van der Waals surface area contributed by atoms with E-state index in [9.17, 15) is 10.1 Å². The smallest absolute Gasteiger partial charge is 0.270 e. The molecule has 0 bridgehead atoms. The zero-order chi connectivity index (χ0) is 17.6. The van der Waals surface area contributed by atoms with E-state index in [1.807, 2.05) is 31.3 Å². The molecule has 3 rings (SSSR count). The minimum absolute atomic E-state index is 0.0219. The van der Waals surface area contributed by atoms with Gasteiger partial charge in [-0.1, -0.05) is 18.2 Å². The number of benzene rings is 1. The monoisotopic (exact) mass is 335 g/mol. The standard InChI is InChI=1S/C18H17N5O2/c1-13-10-17(20-9-7-14-4-3-8-19-12-14)22-18(21-13)15-5-2-6-16(11-15)23(24)25/h2-6,8,10-12H,7,9H2,1H3,(H,20,21,22). The number of anilines is 1. The van der Waals surface area contributed by atoms with E-state index < -0.39 is 4.92 Å². The van der Waals surface area contributed by atoms with Crippen molar-refractivity contribution in [1.82, 2.24) is 15.0 Å². The number of non-ortho nitro benzene ring substituents is 1. The van der Waals surface area contributed by atoms with Gasteiger partial charge in [-0.2, -0.15) is 0 Å². The minimum atomic E-state index is -0.424. The number of aromatic nitrogens is 3. The molecule has 1 N–H and O–H groups in total. The summed E-state index contributed by atoms with van der Waals surface area (Å²) >= 11 is 0. The summed E-state index contributed by atoms with van der Waals surface area (Å²) in [7, 11) is 0. The van der Waals surface area contributed by atoms with Crippen LogP contribution in [0.3, 0.4) is 0 Å². The van der Waals surface area contributed by atoms with Crippen molar-refractivity contribution in [1.29, 1.82) is 0 Å². The molecule has 2 aromatic heterocycles. The summed E-state index contributed by atoms with van der Waals surface area (Å²) in [6, 6.07) is 12.1. The van der Waals surface area contributed by atoms with Gasteiger partial charge in [-0.25, -0.2) is 9.97 Å². The van der Waals surface area contributed by atoms with E-state index in [4.69, 9.17) is 0 Å². The van der Waals surface area contributed by atoms with E-state index in [0.29, 0.717) is 23.8 Å². The second kappa shape index (κ2) is 7.48. The zero-order valence-corrected chi connectivity index (χ0v) is 13.7. The molecule has 0 aliphatic carbocycles. The second-order valence-corrected chi connectivity index (χ2v) is 5.56. The molecule has 1 aromatic carbocycles. The number of nitrogens with one attached hydrogen (secondary N) is 1. The lowest BCUT2D eigenvalue weighted by atomic mass is 10.2. The quantitative estimate of drug-likeness (QED) is 0.548. The lowest BCUT2D eigenvalue weighted by Crippen LogP contribution is -2.08. The van der Waals surface area contributed by atoms with Crippen LogP contribution in [0, 0.1) is 17.0 Å². The van der Waals surface area contributed by atoms with Crippen LogP contribution in [0.2, 0.25) is 0 Å². The largest absolute Gasteiger partial charge is 0.370 e. The Morgan fingerprint density at radius 3 is 2.80 bits per heavy atom. The number of nitro groups is 1. The van der Waals surface area contributed by atoms with Gasteiger partial charge in [-0.15, -0.1) is 0 Å². The highest BCUT2D eigenvalue weighted by molar-refractivity contribution is 5.61. The lowest BCUT2D eigenvalue weighted by molar-refractivity contribution is -0.384. The van der Waals surface area contributed by atoms with Crippen molar-refractivity contribution in [2.75, 3.05) is 11.9 Å². The summed E-state index contributed by atoms with van der Waals surface area (Å²) in [6.07, 6.45) is 4.40. The van der Waals surface area contributed by atoms with Gasteiger partial charge >= 0.3 is 0 Å². The molecule has 126 valence electrons. The van der Waals surface area contributed by atoms with E-state index >= 15 is 0 Å². The van der Waals surface area contributed by atoms with E-state index in [2.05, 4.69) is 20.3 Å². The van der Waals surface area contributed by atoms with Crippen LogP contribution in [-0.4, -0.2) is 26.4 Å². The summed E-state index contributed by atoms with van der Waals surface area (Å²) in [5.74, 6) is 1.16. The van der Waals surface area contributed by atoms with E-state index in [0.717, 1.165) is 17.7 Å². The van der Waals surface area contributed by atoms with Gasteiger partial charge in [0.15, 0.2) is 5.82 Å². The Balaban J connectivity index is 1.76. The van der Waals surface area contributed by atoms with Gasteiger partial charge in [0.1, 0.15) is 5.82 Å².